The Morgan fingerprint density at radius 1 is 1.24 bits per heavy atom. The summed E-state index contributed by atoms with van der Waals surface area (Å²) in [7, 11) is 0. The predicted molar refractivity (Wildman–Crippen MR) is 110 cm³/mol. The standard InChI is InChI=1S/C22H23ClFN3O2/c1-4-13(2)20(25-19(28)11-15-6-9-17(24)10-7-15)22-26-21(27-29-22)16-8-5-14(3)18(23)12-16/h5-10,12-13,20H,4,11H2,1-3H3,(H,25,28)/t13-,20+/m1/s1. The number of aromatic nitrogens is 2. The van der Waals surface area contributed by atoms with E-state index in [9.17, 15) is 9.18 Å². The van der Waals surface area contributed by atoms with Crippen molar-refractivity contribution in [3.05, 3.63) is 70.3 Å². The molecule has 0 bridgehead atoms. The monoisotopic (exact) mass is 415 g/mol. The van der Waals surface area contributed by atoms with Gasteiger partial charge in [-0.05, 0) is 42.2 Å². The number of nitrogens with one attached hydrogen (secondary N) is 1. The molecule has 1 N–H and O–H groups in total. The molecular formula is C22H23ClFN3O2. The molecular weight excluding hydrogens is 393 g/mol. The molecule has 3 aromatic rings. The molecule has 0 radical (unpaired) electrons. The topological polar surface area (TPSA) is 68.0 Å². The fourth-order valence-electron chi connectivity index (χ4n) is 2.91. The van der Waals surface area contributed by atoms with E-state index in [0.29, 0.717) is 16.7 Å². The summed E-state index contributed by atoms with van der Waals surface area (Å²) < 4.78 is 18.5. The fraction of sp³-hybridized carbons (Fsp3) is 0.318. The van der Waals surface area contributed by atoms with Crippen molar-refractivity contribution in [1.82, 2.24) is 15.5 Å². The molecule has 1 amide bonds. The highest BCUT2D eigenvalue weighted by Crippen LogP contribution is 2.27. The van der Waals surface area contributed by atoms with Gasteiger partial charge >= 0.3 is 0 Å². The molecule has 0 aliphatic heterocycles. The minimum absolute atomic E-state index is 0.0853. The van der Waals surface area contributed by atoms with Crippen LogP contribution in [0.1, 0.15) is 43.3 Å². The number of hydrogen-bond donors (Lipinski definition) is 1. The Morgan fingerprint density at radius 2 is 1.97 bits per heavy atom. The summed E-state index contributed by atoms with van der Waals surface area (Å²) >= 11 is 6.19. The molecule has 0 fully saturated rings. The van der Waals surface area contributed by atoms with E-state index in [1.54, 1.807) is 18.2 Å². The van der Waals surface area contributed by atoms with Crippen molar-refractivity contribution in [1.29, 1.82) is 0 Å². The first kappa shape index (κ1) is 21.0. The Labute approximate surface area is 174 Å². The van der Waals surface area contributed by atoms with Gasteiger partial charge in [0.15, 0.2) is 0 Å². The second-order valence-corrected chi connectivity index (χ2v) is 7.56. The van der Waals surface area contributed by atoms with E-state index in [1.165, 1.54) is 12.1 Å². The van der Waals surface area contributed by atoms with Crippen LogP contribution >= 0.6 is 11.6 Å². The fourth-order valence-corrected chi connectivity index (χ4v) is 3.09. The molecule has 0 spiro atoms. The van der Waals surface area contributed by atoms with Gasteiger partial charge in [0.25, 0.3) is 0 Å². The number of carbonyl (C=O) groups is 1. The quantitative estimate of drug-likeness (QED) is 0.569. The molecule has 3 rings (SSSR count). The van der Waals surface area contributed by atoms with E-state index in [2.05, 4.69) is 15.5 Å². The summed E-state index contributed by atoms with van der Waals surface area (Å²) in [5.74, 6) is 0.324. The van der Waals surface area contributed by atoms with Gasteiger partial charge in [-0.3, -0.25) is 4.79 Å². The Morgan fingerprint density at radius 3 is 2.62 bits per heavy atom. The summed E-state index contributed by atoms with van der Waals surface area (Å²) in [6.07, 6.45) is 0.956. The van der Waals surface area contributed by atoms with Crippen LogP contribution in [0, 0.1) is 18.7 Å². The third-order valence-corrected chi connectivity index (χ3v) is 5.35. The predicted octanol–water partition coefficient (Wildman–Crippen LogP) is 5.28. The van der Waals surface area contributed by atoms with Gasteiger partial charge in [-0.2, -0.15) is 4.98 Å². The lowest BCUT2D eigenvalue weighted by Crippen LogP contribution is -2.33. The SMILES string of the molecule is CC[C@@H](C)[C@H](NC(=O)Cc1ccc(F)cc1)c1nc(-c2ccc(C)c(Cl)c2)no1. The van der Waals surface area contributed by atoms with Gasteiger partial charge in [0.1, 0.15) is 11.9 Å². The third kappa shape index (κ3) is 5.21. The van der Waals surface area contributed by atoms with Crippen molar-refractivity contribution < 1.29 is 13.7 Å². The number of nitrogens with zero attached hydrogens (tertiary/aromatic N) is 2. The van der Waals surface area contributed by atoms with Gasteiger partial charge in [0.05, 0.1) is 6.42 Å². The second kappa shape index (κ2) is 9.18. The van der Waals surface area contributed by atoms with E-state index in [0.717, 1.165) is 23.1 Å². The average Bonchev–Trinajstić information content (AvgIpc) is 3.19. The van der Waals surface area contributed by atoms with Crippen molar-refractivity contribution >= 4 is 17.5 Å². The summed E-state index contributed by atoms with van der Waals surface area (Å²) in [6.45, 7) is 5.96. The van der Waals surface area contributed by atoms with Gasteiger partial charge in [0, 0.05) is 10.6 Å². The first-order valence-corrected chi connectivity index (χ1v) is 9.89. The minimum Gasteiger partial charge on any atom is -0.344 e. The smallest absolute Gasteiger partial charge is 0.249 e. The van der Waals surface area contributed by atoms with Crippen LogP contribution in [-0.4, -0.2) is 16.0 Å². The van der Waals surface area contributed by atoms with Crippen molar-refractivity contribution in [2.24, 2.45) is 5.92 Å². The van der Waals surface area contributed by atoms with Crippen molar-refractivity contribution in [2.45, 2.75) is 39.7 Å². The Bertz CT molecular complexity index is 988. The number of benzene rings is 2. The molecule has 0 aliphatic carbocycles. The van der Waals surface area contributed by atoms with E-state index < -0.39 is 6.04 Å². The minimum atomic E-state index is -0.421. The first-order valence-electron chi connectivity index (χ1n) is 9.51. The zero-order chi connectivity index (χ0) is 21.0. The Balaban J connectivity index is 1.78. The molecule has 1 aromatic heterocycles. The zero-order valence-corrected chi connectivity index (χ0v) is 17.3. The Hall–Kier alpha value is -2.73. The molecule has 2 aromatic carbocycles. The average molecular weight is 416 g/mol. The molecule has 0 aliphatic rings. The Kier molecular flexibility index (Phi) is 6.64. The highest BCUT2D eigenvalue weighted by Gasteiger charge is 2.26. The van der Waals surface area contributed by atoms with Gasteiger partial charge in [0.2, 0.25) is 17.6 Å². The van der Waals surface area contributed by atoms with E-state index >= 15 is 0 Å². The molecule has 0 unspecified atom stereocenters. The number of amides is 1. The van der Waals surface area contributed by atoms with Crippen LogP contribution in [-0.2, 0) is 11.2 Å². The first-order chi connectivity index (χ1) is 13.9. The molecule has 29 heavy (non-hydrogen) atoms. The van der Waals surface area contributed by atoms with Crippen LogP contribution in [0.5, 0.6) is 0 Å². The van der Waals surface area contributed by atoms with Gasteiger partial charge < -0.3 is 9.84 Å². The molecule has 5 nitrogen and oxygen atoms in total. The number of rotatable bonds is 7. The highest BCUT2D eigenvalue weighted by molar-refractivity contribution is 6.31. The van der Waals surface area contributed by atoms with Crippen LogP contribution in [0.4, 0.5) is 4.39 Å². The van der Waals surface area contributed by atoms with Gasteiger partial charge in [-0.1, -0.05) is 61.3 Å². The lowest BCUT2D eigenvalue weighted by Gasteiger charge is -2.20. The maximum Gasteiger partial charge on any atom is 0.249 e. The maximum absolute atomic E-state index is 13.1. The number of carbonyl (C=O) groups excluding carboxylic acids is 1. The number of hydrogen-bond acceptors (Lipinski definition) is 4. The van der Waals surface area contributed by atoms with Crippen LogP contribution in [0.2, 0.25) is 5.02 Å². The van der Waals surface area contributed by atoms with E-state index in [-0.39, 0.29) is 24.1 Å². The molecule has 0 saturated heterocycles. The van der Waals surface area contributed by atoms with Crippen LogP contribution in [0.25, 0.3) is 11.4 Å². The molecule has 1 heterocycles. The molecule has 2 atom stereocenters. The van der Waals surface area contributed by atoms with Crippen LogP contribution in [0.3, 0.4) is 0 Å². The van der Waals surface area contributed by atoms with Gasteiger partial charge in [-0.25, -0.2) is 4.39 Å². The summed E-state index contributed by atoms with van der Waals surface area (Å²) in [6, 6.07) is 11.0. The van der Waals surface area contributed by atoms with Crippen molar-refractivity contribution in [3.63, 3.8) is 0 Å². The third-order valence-electron chi connectivity index (χ3n) is 4.95. The second-order valence-electron chi connectivity index (χ2n) is 7.15. The number of halogens is 2. The normalized spacial score (nSPS) is 13.1. The van der Waals surface area contributed by atoms with E-state index in [1.807, 2.05) is 32.9 Å². The highest BCUT2D eigenvalue weighted by atomic mass is 35.5. The van der Waals surface area contributed by atoms with Crippen LogP contribution in [0.15, 0.2) is 47.0 Å². The number of aryl methyl sites for hydroxylation is 1. The summed E-state index contributed by atoms with van der Waals surface area (Å²) in [5.41, 5.74) is 2.44. The lowest BCUT2D eigenvalue weighted by atomic mass is 9.98. The van der Waals surface area contributed by atoms with E-state index in [4.69, 9.17) is 16.1 Å². The molecule has 7 heteroatoms. The lowest BCUT2D eigenvalue weighted by molar-refractivity contribution is -0.121. The van der Waals surface area contributed by atoms with Crippen molar-refractivity contribution in [3.8, 4) is 11.4 Å². The summed E-state index contributed by atoms with van der Waals surface area (Å²) in [5, 5.41) is 7.66. The van der Waals surface area contributed by atoms with Gasteiger partial charge in [-0.15, -0.1) is 0 Å². The largest absolute Gasteiger partial charge is 0.344 e. The molecule has 0 saturated carbocycles. The zero-order valence-electron chi connectivity index (χ0n) is 16.6. The maximum atomic E-state index is 13.1. The van der Waals surface area contributed by atoms with Crippen molar-refractivity contribution in [2.75, 3.05) is 0 Å². The summed E-state index contributed by atoms with van der Waals surface area (Å²) in [4.78, 5) is 17.0. The van der Waals surface area contributed by atoms with Crippen LogP contribution < -0.4 is 5.32 Å². The molecule has 152 valence electrons.